The first-order chi connectivity index (χ1) is 8.25. The molecular weight excluding hydrogens is 286 g/mol. The summed E-state index contributed by atoms with van der Waals surface area (Å²) in [6.45, 7) is 1.35. The molecule has 6 nitrogen and oxygen atoms in total. The molecule has 2 N–H and O–H groups in total. The number of H-pyrrole nitrogens is 1. The Morgan fingerprint density at radius 1 is 1.59 bits per heavy atom. The number of nitrogens with zero attached hydrogens (tertiary/aromatic N) is 3. The first kappa shape index (κ1) is 11.8. The summed E-state index contributed by atoms with van der Waals surface area (Å²) in [5.41, 5.74) is 0.553. The zero-order valence-electron chi connectivity index (χ0n) is 9.06. The molecule has 0 bridgehead atoms. The predicted molar refractivity (Wildman–Crippen MR) is 65.5 cm³/mol. The highest BCUT2D eigenvalue weighted by atomic mass is 79.9. The molecule has 0 spiro atoms. The number of aromatic amines is 1. The first-order valence-electron chi connectivity index (χ1n) is 5.20. The van der Waals surface area contributed by atoms with Crippen molar-refractivity contribution >= 4 is 21.8 Å². The third-order valence-corrected chi connectivity index (χ3v) is 2.67. The van der Waals surface area contributed by atoms with Crippen LogP contribution in [-0.4, -0.2) is 32.2 Å². The van der Waals surface area contributed by atoms with Crippen molar-refractivity contribution in [1.82, 2.24) is 25.1 Å². The van der Waals surface area contributed by atoms with Gasteiger partial charge in [-0.3, -0.25) is 9.48 Å². The Kier molecular flexibility index (Phi) is 3.92. The molecule has 0 aliphatic rings. The molecular formula is C10H12BrN5O. The molecule has 0 saturated carbocycles. The molecule has 2 aromatic rings. The lowest BCUT2D eigenvalue weighted by Gasteiger charge is -2.03. The average molecular weight is 298 g/mol. The van der Waals surface area contributed by atoms with Crippen LogP contribution in [0.4, 0.5) is 0 Å². The van der Waals surface area contributed by atoms with Crippen LogP contribution in [-0.2, 0) is 6.54 Å². The Balaban J connectivity index is 1.70. The molecule has 17 heavy (non-hydrogen) atoms. The van der Waals surface area contributed by atoms with E-state index in [4.69, 9.17) is 0 Å². The zero-order valence-corrected chi connectivity index (χ0v) is 10.6. The van der Waals surface area contributed by atoms with E-state index in [1.54, 1.807) is 23.3 Å². The summed E-state index contributed by atoms with van der Waals surface area (Å²) in [6, 6.07) is 1.74. The zero-order chi connectivity index (χ0) is 12.1. The van der Waals surface area contributed by atoms with Gasteiger partial charge < -0.3 is 10.3 Å². The van der Waals surface area contributed by atoms with Crippen molar-refractivity contribution in [3.63, 3.8) is 0 Å². The molecule has 2 aromatic heterocycles. The lowest BCUT2D eigenvalue weighted by Crippen LogP contribution is -2.25. The molecule has 1 amide bonds. The van der Waals surface area contributed by atoms with E-state index in [2.05, 4.69) is 36.3 Å². The van der Waals surface area contributed by atoms with Gasteiger partial charge in [0.2, 0.25) is 0 Å². The smallest absolute Gasteiger partial charge is 0.267 e. The summed E-state index contributed by atoms with van der Waals surface area (Å²) in [5, 5.41) is 6.80. The average Bonchev–Trinajstić information content (AvgIpc) is 2.95. The van der Waals surface area contributed by atoms with Crippen LogP contribution in [0.3, 0.4) is 0 Å². The maximum absolute atomic E-state index is 11.6. The number of nitrogens with one attached hydrogen (secondary N) is 2. The van der Waals surface area contributed by atoms with Gasteiger partial charge in [0, 0.05) is 23.8 Å². The fraction of sp³-hybridized carbons (Fsp3) is 0.300. The number of rotatable bonds is 5. The lowest BCUT2D eigenvalue weighted by atomic mass is 10.3. The van der Waals surface area contributed by atoms with E-state index in [0.717, 1.165) is 17.4 Å². The van der Waals surface area contributed by atoms with Crippen LogP contribution in [0.2, 0.25) is 0 Å². The lowest BCUT2D eigenvalue weighted by molar-refractivity contribution is 0.0948. The van der Waals surface area contributed by atoms with Gasteiger partial charge in [0.05, 0.1) is 0 Å². The maximum atomic E-state index is 11.6. The van der Waals surface area contributed by atoms with Crippen LogP contribution in [0.25, 0.3) is 0 Å². The number of carbonyl (C=O) groups is 1. The van der Waals surface area contributed by atoms with E-state index in [0.29, 0.717) is 12.2 Å². The number of aryl methyl sites for hydroxylation is 1. The van der Waals surface area contributed by atoms with E-state index in [1.165, 1.54) is 6.33 Å². The molecule has 0 atom stereocenters. The molecule has 2 rings (SSSR count). The van der Waals surface area contributed by atoms with Gasteiger partial charge in [0.15, 0.2) is 0 Å². The van der Waals surface area contributed by atoms with E-state index in [9.17, 15) is 4.79 Å². The van der Waals surface area contributed by atoms with Gasteiger partial charge >= 0.3 is 0 Å². The highest BCUT2D eigenvalue weighted by Crippen LogP contribution is 2.10. The van der Waals surface area contributed by atoms with Crippen molar-refractivity contribution in [2.45, 2.75) is 13.0 Å². The molecule has 90 valence electrons. The standard InChI is InChI=1S/C10H12BrN5O/c11-8-4-9(14-5-8)10(17)13-2-1-3-16-7-12-6-15-16/h4-7,14H,1-3H2,(H,13,17). The second-order valence-electron chi connectivity index (χ2n) is 3.50. The molecule has 0 aliphatic carbocycles. The van der Waals surface area contributed by atoms with E-state index in [1.807, 2.05) is 0 Å². The minimum Gasteiger partial charge on any atom is -0.356 e. The maximum Gasteiger partial charge on any atom is 0.267 e. The molecule has 0 saturated heterocycles. The number of hydrogen-bond donors (Lipinski definition) is 2. The molecule has 0 aromatic carbocycles. The van der Waals surface area contributed by atoms with Gasteiger partial charge in [0.25, 0.3) is 5.91 Å². The summed E-state index contributed by atoms with van der Waals surface area (Å²) in [6.07, 6.45) is 5.69. The Bertz CT molecular complexity index is 479. The monoisotopic (exact) mass is 297 g/mol. The second kappa shape index (κ2) is 5.62. The summed E-state index contributed by atoms with van der Waals surface area (Å²) in [7, 11) is 0. The Morgan fingerprint density at radius 2 is 2.47 bits per heavy atom. The number of halogens is 1. The van der Waals surface area contributed by atoms with Crippen LogP contribution < -0.4 is 5.32 Å². The second-order valence-corrected chi connectivity index (χ2v) is 4.42. The summed E-state index contributed by atoms with van der Waals surface area (Å²) in [5.74, 6) is -0.103. The number of amides is 1. The van der Waals surface area contributed by atoms with Crippen molar-refractivity contribution in [1.29, 1.82) is 0 Å². The number of carbonyl (C=O) groups excluding carboxylic acids is 1. The topological polar surface area (TPSA) is 75.6 Å². The van der Waals surface area contributed by atoms with Gasteiger partial charge in [-0.15, -0.1) is 0 Å². The Hall–Kier alpha value is -1.63. The van der Waals surface area contributed by atoms with Crippen molar-refractivity contribution in [3.05, 3.63) is 35.1 Å². The highest BCUT2D eigenvalue weighted by molar-refractivity contribution is 9.10. The molecule has 0 fully saturated rings. The third kappa shape index (κ3) is 3.42. The SMILES string of the molecule is O=C(NCCCn1cncn1)c1cc(Br)c[nH]1. The van der Waals surface area contributed by atoms with Gasteiger partial charge in [-0.05, 0) is 28.4 Å². The summed E-state index contributed by atoms with van der Waals surface area (Å²) < 4.78 is 2.60. The molecule has 7 heteroatoms. The van der Waals surface area contributed by atoms with Crippen molar-refractivity contribution < 1.29 is 4.79 Å². The summed E-state index contributed by atoms with van der Waals surface area (Å²) >= 11 is 3.28. The fourth-order valence-corrected chi connectivity index (χ4v) is 1.73. The fourth-order valence-electron chi connectivity index (χ4n) is 1.39. The predicted octanol–water partition coefficient (Wildman–Crippen LogP) is 1.19. The normalized spacial score (nSPS) is 10.4. The Morgan fingerprint density at radius 3 is 3.12 bits per heavy atom. The van der Waals surface area contributed by atoms with E-state index < -0.39 is 0 Å². The summed E-state index contributed by atoms with van der Waals surface area (Å²) in [4.78, 5) is 18.3. The van der Waals surface area contributed by atoms with Gasteiger partial charge in [-0.25, -0.2) is 4.98 Å². The minimum atomic E-state index is -0.103. The molecule has 0 radical (unpaired) electrons. The molecule has 0 aliphatic heterocycles. The van der Waals surface area contributed by atoms with Gasteiger partial charge in [0.1, 0.15) is 18.3 Å². The minimum absolute atomic E-state index is 0.103. The number of aromatic nitrogens is 4. The molecule has 2 heterocycles. The van der Waals surface area contributed by atoms with Crippen LogP contribution >= 0.6 is 15.9 Å². The van der Waals surface area contributed by atoms with Crippen LogP contribution in [0.1, 0.15) is 16.9 Å². The Labute approximate surface area is 107 Å². The highest BCUT2D eigenvalue weighted by Gasteiger charge is 2.06. The van der Waals surface area contributed by atoms with Gasteiger partial charge in [-0.2, -0.15) is 5.10 Å². The van der Waals surface area contributed by atoms with E-state index >= 15 is 0 Å². The van der Waals surface area contributed by atoms with Crippen LogP contribution in [0.15, 0.2) is 29.4 Å². The van der Waals surface area contributed by atoms with Crippen molar-refractivity contribution in [2.24, 2.45) is 0 Å². The van der Waals surface area contributed by atoms with Crippen molar-refractivity contribution in [2.75, 3.05) is 6.54 Å². The van der Waals surface area contributed by atoms with Gasteiger partial charge in [-0.1, -0.05) is 0 Å². The van der Waals surface area contributed by atoms with E-state index in [-0.39, 0.29) is 5.91 Å². The van der Waals surface area contributed by atoms with Crippen LogP contribution in [0, 0.1) is 0 Å². The number of hydrogen-bond acceptors (Lipinski definition) is 3. The van der Waals surface area contributed by atoms with Crippen LogP contribution in [0.5, 0.6) is 0 Å². The molecule has 0 unspecified atom stereocenters. The quantitative estimate of drug-likeness (QED) is 0.814. The largest absolute Gasteiger partial charge is 0.356 e. The van der Waals surface area contributed by atoms with Crippen molar-refractivity contribution in [3.8, 4) is 0 Å². The first-order valence-corrected chi connectivity index (χ1v) is 5.99. The third-order valence-electron chi connectivity index (χ3n) is 2.21.